The van der Waals surface area contributed by atoms with Crippen molar-refractivity contribution in [3.63, 3.8) is 0 Å². The van der Waals surface area contributed by atoms with Crippen LogP contribution >= 0.6 is 0 Å². The van der Waals surface area contributed by atoms with E-state index in [0.29, 0.717) is 0 Å². The summed E-state index contributed by atoms with van der Waals surface area (Å²) in [5, 5.41) is 19.7. The summed E-state index contributed by atoms with van der Waals surface area (Å²) in [6, 6.07) is 10.4. The number of phenolic OH excluding ortho intramolecular Hbond substituents is 2. The number of nitrogens with two attached hydrogens (primary N) is 2. The van der Waals surface area contributed by atoms with Crippen molar-refractivity contribution in [3.05, 3.63) is 54.6 Å². The van der Waals surface area contributed by atoms with Gasteiger partial charge >= 0.3 is 0 Å². The number of phenols is 2. The van der Waals surface area contributed by atoms with E-state index < -0.39 is 45.9 Å². The predicted molar refractivity (Wildman–Crippen MR) is 129 cm³/mol. The maximum absolute atomic E-state index is 11.1. The summed E-state index contributed by atoms with van der Waals surface area (Å²) < 4.78 is 93.3. The molecule has 192 valence electrons. The second kappa shape index (κ2) is 9.08. The fraction of sp³-hybridized carbons (Fsp3) is 0. The molecule has 0 amide bonds. The Hall–Kier alpha value is -3.67. The second-order valence-corrected chi connectivity index (χ2v) is 11.6. The van der Waals surface area contributed by atoms with Gasteiger partial charge in [-0.05, 0) is 41.8 Å². The highest BCUT2D eigenvalue weighted by molar-refractivity contribution is 7.86. The van der Waals surface area contributed by atoms with E-state index in [1.54, 1.807) is 0 Å². The molecule has 16 heteroatoms. The minimum Gasteiger partial charge on any atom is -0.507 e. The topological polar surface area (TPSA) is 256 Å². The van der Waals surface area contributed by atoms with E-state index in [1.807, 2.05) is 0 Å². The molecule has 36 heavy (non-hydrogen) atoms. The summed E-state index contributed by atoms with van der Waals surface area (Å²) in [5.74, 6) is -0.671. The van der Waals surface area contributed by atoms with E-state index in [1.165, 1.54) is 30.3 Å². The first kappa shape index (κ1) is 26.9. The Morgan fingerprint density at radius 2 is 1.14 bits per heavy atom. The van der Waals surface area contributed by atoms with Crippen LogP contribution in [0.5, 0.6) is 11.5 Å². The van der Waals surface area contributed by atoms with Crippen molar-refractivity contribution in [2.24, 2.45) is 0 Å². The van der Waals surface area contributed by atoms with Crippen molar-refractivity contribution in [2.75, 3.05) is 11.5 Å². The number of fused-ring (bicyclic) bond motifs is 2. The second-order valence-electron chi connectivity index (χ2n) is 7.33. The maximum Gasteiger partial charge on any atom is 0.295 e. The molecule has 0 saturated heterocycles. The largest absolute Gasteiger partial charge is 0.507 e. The summed E-state index contributed by atoms with van der Waals surface area (Å²) >= 11 is 0. The molecule has 0 aliphatic rings. The number of benzene rings is 4. The van der Waals surface area contributed by atoms with Crippen LogP contribution in [0.1, 0.15) is 0 Å². The highest BCUT2D eigenvalue weighted by Crippen LogP contribution is 2.35. The molecule has 0 unspecified atom stereocenters. The number of nitrogen functional groups attached to an aromatic ring is 2. The Bertz CT molecular complexity index is 1770. The van der Waals surface area contributed by atoms with Crippen molar-refractivity contribution in [3.8, 4) is 11.5 Å². The SMILES string of the molecule is Nc1cc(S(=O)(=O)O)cc2cc(S(=O)(=O)O)cc(O)c12.Nc1ccc(S(=O)(=O)O)c2cccc(O)c12. The van der Waals surface area contributed by atoms with E-state index in [0.717, 1.165) is 24.3 Å². The van der Waals surface area contributed by atoms with Gasteiger partial charge in [0, 0.05) is 33.6 Å². The summed E-state index contributed by atoms with van der Waals surface area (Å²) in [6.45, 7) is 0. The van der Waals surface area contributed by atoms with E-state index in [-0.39, 0.29) is 43.6 Å². The molecule has 0 bridgehead atoms. The quantitative estimate of drug-likeness (QED) is 0.140. The molecule has 0 aliphatic carbocycles. The van der Waals surface area contributed by atoms with Gasteiger partial charge in [0.25, 0.3) is 30.4 Å². The third-order valence-corrected chi connectivity index (χ3v) is 7.46. The van der Waals surface area contributed by atoms with Gasteiger partial charge < -0.3 is 21.7 Å². The number of rotatable bonds is 3. The lowest BCUT2D eigenvalue weighted by atomic mass is 10.1. The number of hydrogen-bond donors (Lipinski definition) is 7. The van der Waals surface area contributed by atoms with Crippen LogP contribution in [0.25, 0.3) is 21.5 Å². The van der Waals surface area contributed by atoms with Crippen molar-refractivity contribution < 1.29 is 49.1 Å². The number of hydrogen-bond acceptors (Lipinski definition) is 10. The minimum atomic E-state index is -4.59. The molecule has 0 fully saturated rings. The molecule has 0 saturated carbocycles. The van der Waals surface area contributed by atoms with Crippen molar-refractivity contribution in [1.29, 1.82) is 0 Å². The lowest BCUT2D eigenvalue weighted by molar-refractivity contribution is 0.471. The van der Waals surface area contributed by atoms with E-state index in [2.05, 4.69) is 0 Å². The average molecular weight is 559 g/mol. The van der Waals surface area contributed by atoms with Gasteiger partial charge in [0.2, 0.25) is 0 Å². The van der Waals surface area contributed by atoms with Crippen molar-refractivity contribution in [2.45, 2.75) is 14.7 Å². The summed E-state index contributed by atoms with van der Waals surface area (Å²) in [7, 11) is -13.5. The van der Waals surface area contributed by atoms with Gasteiger partial charge in [0.05, 0.1) is 9.79 Å². The lowest BCUT2D eigenvalue weighted by Gasteiger charge is -2.08. The zero-order valence-electron chi connectivity index (χ0n) is 17.8. The summed E-state index contributed by atoms with van der Waals surface area (Å²) in [5.41, 5.74) is 11.3. The van der Waals surface area contributed by atoms with Crippen molar-refractivity contribution >= 4 is 63.3 Å². The monoisotopic (exact) mass is 558 g/mol. The lowest BCUT2D eigenvalue weighted by Crippen LogP contribution is -2.02. The molecule has 13 nitrogen and oxygen atoms in total. The number of aromatic hydroxyl groups is 2. The van der Waals surface area contributed by atoms with Gasteiger partial charge in [0.1, 0.15) is 16.4 Å². The molecule has 0 aliphatic heterocycles. The molecule has 0 radical (unpaired) electrons. The van der Waals surface area contributed by atoms with Crippen LogP contribution in [0, 0.1) is 0 Å². The minimum absolute atomic E-state index is 0.00444. The first-order chi connectivity index (χ1) is 16.4. The highest BCUT2D eigenvalue weighted by atomic mass is 32.2. The zero-order valence-corrected chi connectivity index (χ0v) is 20.2. The molecule has 0 heterocycles. The van der Waals surface area contributed by atoms with E-state index >= 15 is 0 Å². The summed E-state index contributed by atoms with van der Waals surface area (Å²) in [6.07, 6.45) is 0. The Kier molecular flexibility index (Phi) is 6.79. The Balaban J connectivity index is 0.000000205. The van der Waals surface area contributed by atoms with Crippen LogP contribution in [0.2, 0.25) is 0 Å². The predicted octanol–water partition coefficient (Wildman–Crippen LogP) is 2.00. The molecule has 0 atom stereocenters. The van der Waals surface area contributed by atoms with Gasteiger partial charge in [0.15, 0.2) is 0 Å². The van der Waals surface area contributed by atoms with Crippen molar-refractivity contribution in [1.82, 2.24) is 0 Å². The van der Waals surface area contributed by atoms with Crippen LogP contribution in [-0.4, -0.2) is 49.1 Å². The molecule has 0 aromatic heterocycles. The standard InChI is InChI=1S/C10H9NO7S2.C10H9NO4S/c11-8-3-6(19(13,14)15)1-5-2-7(20(16,17)18)4-9(12)10(5)8;11-7-4-5-9(16(13,14)15)6-2-1-3-8(12)10(6)7/h1-4,12H,11H2,(H,13,14,15)(H,16,17,18);1-5,12H,11H2,(H,13,14,15). The zero-order chi connectivity index (χ0) is 27.2. The highest BCUT2D eigenvalue weighted by Gasteiger charge is 2.19. The van der Waals surface area contributed by atoms with Gasteiger partial charge in [-0.15, -0.1) is 0 Å². The fourth-order valence-electron chi connectivity index (χ4n) is 3.38. The Labute approximate surface area is 204 Å². The van der Waals surface area contributed by atoms with Crippen LogP contribution in [0.4, 0.5) is 11.4 Å². The van der Waals surface area contributed by atoms with Crippen LogP contribution in [-0.2, 0) is 30.4 Å². The molecule has 9 N–H and O–H groups in total. The Morgan fingerprint density at radius 1 is 0.583 bits per heavy atom. The van der Waals surface area contributed by atoms with Crippen LogP contribution in [0.15, 0.2) is 69.3 Å². The normalized spacial score (nSPS) is 12.3. The molecule has 0 spiro atoms. The van der Waals surface area contributed by atoms with Crippen LogP contribution < -0.4 is 11.5 Å². The van der Waals surface area contributed by atoms with E-state index in [4.69, 9.17) is 25.1 Å². The first-order valence-electron chi connectivity index (χ1n) is 9.40. The molecule has 4 aromatic rings. The fourth-order valence-corrected chi connectivity index (χ4v) is 5.16. The van der Waals surface area contributed by atoms with Gasteiger partial charge in [-0.2, -0.15) is 25.3 Å². The van der Waals surface area contributed by atoms with Gasteiger partial charge in [-0.1, -0.05) is 12.1 Å². The average Bonchev–Trinajstić information content (AvgIpc) is 2.71. The molecular weight excluding hydrogens is 540 g/mol. The third kappa shape index (κ3) is 5.43. The summed E-state index contributed by atoms with van der Waals surface area (Å²) in [4.78, 5) is -1.46. The Morgan fingerprint density at radius 3 is 1.67 bits per heavy atom. The smallest absolute Gasteiger partial charge is 0.295 e. The van der Waals surface area contributed by atoms with Gasteiger partial charge in [-0.25, -0.2) is 0 Å². The third-order valence-electron chi connectivity index (χ3n) is 4.89. The number of anilines is 2. The molecular formula is C20H18N2O11S3. The van der Waals surface area contributed by atoms with E-state index in [9.17, 15) is 35.5 Å². The maximum atomic E-state index is 11.1. The van der Waals surface area contributed by atoms with Gasteiger partial charge in [-0.3, -0.25) is 13.7 Å². The molecule has 4 aromatic carbocycles. The molecule has 4 rings (SSSR count). The van der Waals surface area contributed by atoms with Crippen LogP contribution in [0.3, 0.4) is 0 Å². The first-order valence-corrected chi connectivity index (χ1v) is 13.7.